The standard InChI is InChI=1S/C6H10F3I/c1-4(10)5(2,3)6(7,8)9/h4H,1-3H3. The minimum absolute atomic E-state index is 0.398. The van der Waals surface area contributed by atoms with E-state index >= 15 is 0 Å². The molecule has 0 rings (SSSR count). The fourth-order valence-electron chi connectivity index (χ4n) is 0.226. The Morgan fingerprint density at radius 3 is 1.50 bits per heavy atom. The van der Waals surface area contributed by atoms with Gasteiger partial charge in [0.25, 0.3) is 0 Å². The van der Waals surface area contributed by atoms with Crippen LogP contribution in [0.5, 0.6) is 0 Å². The van der Waals surface area contributed by atoms with Gasteiger partial charge in [0.1, 0.15) is 0 Å². The number of halogens is 4. The molecule has 0 heterocycles. The van der Waals surface area contributed by atoms with Crippen molar-refractivity contribution in [2.24, 2.45) is 5.41 Å². The van der Waals surface area contributed by atoms with E-state index in [0.29, 0.717) is 0 Å². The highest BCUT2D eigenvalue weighted by atomic mass is 127. The Balaban J connectivity index is 4.40. The summed E-state index contributed by atoms with van der Waals surface area (Å²) in [6.45, 7) is 3.99. The summed E-state index contributed by atoms with van der Waals surface area (Å²) >= 11 is 1.79. The van der Waals surface area contributed by atoms with Crippen LogP contribution in [0.3, 0.4) is 0 Å². The van der Waals surface area contributed by atoms with Crippen LogP contribution in [0.1, 0.15) is 20.8 Å². The van der Waals surface area contributed by atoms with E-state index in [1.807, 2.05) is 0 Å². The van der Waals surface area contributed by atoms with Crippen LogP contribution >= 0.6 is 22.6 Å². The number of hydrogen-bond acceptors (Lipinski definition) is 0. The molecule has 0 aliphatic carbocycles. The molecule has 0 nitrogen and oxygen atoms in total. The van der Waals surface area contributed by atoms with E-state index in [-0.39, 0.29) is 0 Å². The smallest absolute Gasteiger partial charge is 0.170 e. The summed E-state index contributed by atoms with van der Waals surface area (Å²) in [5.41, 5.74) is -1.58. The number of rotatable bonds is 1. The first kappa shape index (κ1) is 10.5. The van der Waals surface area contributed by atoms with E-state index in [2.05, 4.69) is 0 Å². The molecule has 10 heavy (non-hydrogen) atoms. The van der Waals surface area contributed by atoms with Crippen LogP contribution in [0.15, 0.2) is 0 Å². The Hall–Kier alpha value is 0.520. The lowest BCUT2D eigenvalue weighted by Crippen LogP contribution is -2.38. The van der Waals surface area contributed by atoms with Crippen molar-refractivity contribution in [2.75, 3.05) is 0 Å². The normalized spacial score (nSPS) is 17.1. The van der Waals surface area contributed by atoms with Crippen molar-refractivity contribution in [1.29, 1.82) is 0 Å². The molecule has 62 valence electrons. The van der Waals surface area contributed by atoms with Crippen molar-refractivity contribution in [1.82, 2.24) is 0 Å². The van der Waals surface area contributed by atoms with Crippen LogP contribution in [0.25, 0.3) is 0 Å². The van der Waals surface area contributed by atoms with E-state index in [0.717, 1.165) is 0 Å². The van der Waals surface area contributed by atoms with Gasteiger partial charge in [0.2, 0.25) is 0 Å². The topological polar surface area (TPSA) is 0 Å². The molecule has 0 N–H and O–H groups in total. The molecule has 0 saturated carbocycles. The van der Waals surface area contributed by atoms with Gasteiger partial charge in [-0.3, -0.25) is 0 Å². The molecule has 0 fully saturated rings. The fourth-order valence-corrected chi connectivity index (χ4v) is 0.579. The molecule has 1 unspecified atom stereocenters. The van der Waals surface area contributed by atoms with Gasteiger partial charge < -0.3 is 0 Å². The molecular formula is C6H10F3I. The average molecular weight is 266 g/mol. The first-order chi connectivity index (χ1) is 4.19. The van der Waals surface area contributed by atoms with Gasteiger partial charge in [-0.05, 0) is 0 Å². The summed E-state index contributed by atoms with van der Waals surface area (Å²) in [6.07, 6.45) is -4.09. The van der Waals surface area contributed by atoms with Crippen molar-refractivity contribution in [3.8, 4) is 0 Å². The second-order valence-electron chi connectivity index (χ2n) is 2.84. The maximum absolute atomic E-state index is 12.1. The van der Waals surface area contributed by atoms with Gasteiger partial charge in [-0.1, -0.05) is 43.4 Å². The van der Waals surface area contributed by atoms with Crippen molar-refractivity contribution in [3.63, 3.8) is 0 Å². The minimum Gasteiger partial charge on any atom is -0.170 e. The molecule has 4 heteroatoms. The largest absolute Gasteiger partial charge is 0.394 e. The monoisotopic (exact) mass is 266 g/mol. The SMILES string of the molecule is CC(I)C(C)(C)C(F)(F)F. The van der Waals surface area contributed by atoms with Crippen LogP contribution in [-0.2, 0) is 0 Å². The zero-order valence-corrected chi connectivity index (χ0v) is 8.25. The summed E-state index contributed by atoms with van der Waals surface area (Å²) in [7, 11) is 0. The summed E-state index contributed by atoms with van der Waals surface area (Å²) in [4.78, 5) is 0. The predicted molar refractivity (Wildman–Crippen MR) is 43.3 cm³/mol. The lowest BCUT2D eigenvalue weighted by Gasteiger charge is -2.30. The lowest BCUT2D eigenvalue weighted by molar-refractivity contribution is -0.208. The average Bonchev–Trinajstić information content (AvgIpc) is 1.62. The Kier molecular flexibility index (Phi) is 3.02. The van der Waals surface area contributed by atoms with Crippen LogP contribution in [0.4, 0.5) is 13.2 Å². The third kappa shape index (κ3) is 2.00. The van der Waals surface area contributed by atoms with Crippen molar-refractivity contribution in [2.45, 2.75) is 30.9 Å². The summed E-state index contributed by atoms with van der Waals surface area (Å²) in [5, 5.41) is 0. The van der Waals surface area contributed by atoms with Crippen molar-refractivity contribution >= 4 is 22.6 Å². The molecule has 0 aromatic carbocycles. The lowest BCUT2D eigenvalue weighted by atomic mass is 9.90. The second-order valence-corrected chi connectivity index (χ2v) is 4.70. The van der Waals surface area contributed by atoms with Gasteiger partial charge in [-0.2, -0.15) is 13.2 Å². The molecular weight excluding hydrogens is 256 g/mol. The summed E-state index contributed by atoms with van der Waals surface area (Å²) in [5.74, 6) is 0. The Morgan fingerprint density at radius 2 is 1.50 bits per heavy atom. The summed E-state index contributed by atoms with van der Waals surface area (Å²) < 4.78 is 35.8. The van der Waals surface area contributed by atoms with E-state index < -0.39 is 15.5 Å². The Labute approximate surface area is 72.3 Å². The Morgan fingerprint density at radius 1 is 1.20 bits per heavy atom. The molecule has 0 aliphatic heterocycles. The van der Waals surface area contributed by atoms with Crippen molar-refractivity contribution in [3.05, 3.63) is 0 Å². The highest BCUT2D eigenvalue weighted by Crippen LogP contribution is 2.43. The first-order valence-corrected chi connectivity index (χ1v) is 4.15. The van der Waals surface area contributed by atoms with Crippen LogP contribution in [0, 0.1) is 5.41 Å². The van der Waals surface area contributed by atoms with Gasteiger partial charge in [0.15, 0.2) is 0 Å². The van der Waals surface area contributed by atoms with Gasteiger partial charge in [0.05, 0.1) is 5.41 Å². The summed E-state index contributed by atoms with van der Waals surface area (Å²) in [6, 6.07) is 0. The zero-order valence-electron chi connectivity index (χ0n) is 6.09. The molecule has 0 spiro atoms. The third-order valence-electron chi connectivity index (χ3n) is 1.73. The van der Waals surface area contributed by atoms with E-state index in [1.54, 1.807) is 29.5 Å². The highest BCUT2D eigenvalue weighted by molar-refractivity contribution is 14.1. The zero-order chi connectivity index (χ0) is 8.58. The van der Waals surface area contributed by atoms with Gasteiger partial charge in [-0.25, -0.2) is 0 Å². The van der Waals surface area contributed by atoms with Gasteiger partial charge in [-0.15, -0.1) is 0 Å². The molecule has 0 bridgehead atoms. The third-order valence-corrected chi connectivity index (χ3v) is 3.28. The second kappa shape index (κ2) is 2.87. The van der Waals surface area contributed by atoms with E-state index in [9.17, 15) is 13.2 Å². The molecule has 0 amide bonds. The number of alkyl halides is 4. The van der Waals surface area contributed by atoms with Crippen molar-refractivity contribution < 1.29 is 13.2 Å². The molecule has 0 saturated heterocycles. The first-order valence-electron chi connectivity index (χ1n) is 2.90. The molecule has 0 aromatic heterocycles. The van der Waals surface area contributed by atoms with Crippen LogP contribution in [0.2, 0.25) is 0 Å². The van der Waals surface area contributed by atoms with E-state index in [4.69, 9.17) is 0 Å². The minimum atomic E-state index is -4.09. The van der Waals surface area contributed by atoms with Crippen LogP contribution < -0.4 is 0 Å². The van der Waals surface area contributed by atoms with Crippen LogP contribution in [-0.4, -0.2) is 10.1 Å². The van der Waals surface area contributed by atoms with Gasteiger partial charge >= 0.3 is 6.18 Å². The fraction of sp³-hybridized carbons (Fsp3) is 1.00. The molecule has 0 aliphatic rings. The molecule has 1 atom stereocenters. The highest BCUT2D eigenvalue weighted by Gasteiger charge is 2.49. The van der Waals surface area contributed by atoms with E-state index in [1.165, 1.54) is 13.8 Å². The maximum atomic E-state index is 12.1. The Bertz CT molecular complexity index is 115. The predicted octanol–water partition coefficient (Wildman–Crippen LogP) is 3.40. The molecule has 0 aromatic rings. The molecule has 0 radical (unpaired) electrons. The quantitative estimate of drug-likeness (QED) is 0.504. The van der Waals surface area contributed by atoms with Gasteiger partial charge in [0, 0.05) is 3.92 Å². The number of hydrogen-bond donors (Lipinski definition) is 0. The maximum Gasteiger partial charge on any atom is 0.394 e.